The number of nitriles is 1. The van der Waals surface area contributed by atoms with E-state index in [9.17, 15) is 17.3 Å². The maximum atomic E-state index is 13.2. The second-order valence-corrected chi connectivity index (χ2v) is 4.39. The number of benzene rings is 2. The molecule has 0 saturated carbocycles. The summed E-state index contributed by atoms with van der Waals surface area (Å²) < 4.78 is 55.8. The minimum absolute atomic E-state index is 0.0387. The topological polar surface area (TPSA) is 33.0 Å². The molecule has 2 aromatic rings. The summed E-state index contributed by atoms with van der Waals surface area (Å²) in [6.45, 7) is -5.07. The van der Waals surface area contributed by atoms with Crippen molar-refractivity contribution < 1.29 is 22.1 Å². The van der Waals surface area contributed by atoms with Crippen molar-refractivity contribution in [1.82, 2.24) is 0 Å². The second-order valence-electron chi connectivity index (χ2n) is 4.39. The SMILES string of the molecule is N#Cc1cc(F)cc(COc2ccc([B-](F)(F)F)cc2)c1. The van der Waals surface area contributed by atoms with Gasteiger partial charge in [-0.05, 0) is 35.9 Å². The zero-order chi connectivity index (χ0) is 15.5. The summed E-state index contributed by atoms with van der Waals surface area (Å²) in [6, 6.07) is 9.83. The zero-order valence-corrected chi connectivity index (χ0v) is 10.7. The van der Waals surface area contributed by atoms with Crippen LogP contribution in [0.5, 0.6) is 5.75 Å². The molecule has 0 aliphatic rings. The third kappa shape index (κ3) is 3.99. The van der Waals surface area contributed by atoms with Gasteiger partial charge in [0.2, 0.25) is 0 Å². The van der Waals surface area contributed by atoms with Gasteiger partial charge in [0.1, 0.15) is 18.2 Å². The molecule has 2 rings (SSSR count). The minimum Gasteiger partial charge on any atom is -0.489 e. The molecule has 0 radical (unpaired) electrons. The lowest BCUT2D eigenvalue weighted by Crippen LogP contribution is -2.33. The van der Waals surface area contributed by atoms with Crippen LogP contribution in [0.15, 0.2) is 42.5 Å². The summed E-state index contributed by atoms with van der Waals surface area (Å²) in [6.07, 6.45) is 0. The largest absolute Gasteiger partial charge is 0.509 e. The number of rotatable bonds is 4. The highest BCUT2D eigenvalue weighted by atomic mass is 19.4. The van der Waals surface area contributed by atoms with E-state index in [-0.39, 0.29) is 17.9 Å². The molecule has 21 heavy (non-hydrogen) atoms. The normalized spacial score (nSPS) is 11.0. The van der Waals surface area contributed by atoms with E-state index >= 15 is 0 Å². The predicted octanol–water partition coefficient (Wildman–Crippen LogP) is 3.33. The molecule has 0 fully saturated rings. The van der Waals surface area contributed by atoms with Gasteiger partial charge in [-0.15, -0.1) is 5.46 Å². The van der Waals surface area contributed by atoms with E-state index in [2.05, 4.69) is 0 Å². The molecule has 0 atom stereocenters. The van der Waals surface area contributed by atoms with Crippen molar-refractivity contribution in [1.29, 1.82) is 5.26 Å². The van der Waals surface area contributed by atoms with E-state index < -0.39 is 18.3 Å². The van der Waals surface area contributed by atoms with Crippen LogP contribution in [0.2, 0.25) is 0 Å². The summed E-state index contributed by atoms with van der Waals surface area (Å²) in [5, 5.41) is 8.72. The van der Waals surface area contributed by atoms with Crippen LogP contribution in [0.3, 0.4) is 0 Å². The minimum atomic E-state index is -5.03. The Morgan fingerprint density at radius 2 is 1.71 bits per heavy atom. The highest BCUT2D eigenvalue weighted by molar-refractivity contribution is 6.73. The highest BCUT2D eigenvalue weighted by Crippen LogP contribution is 2.16. The number of halogens is 4. The molecule has 0 aliphatic carbocycles. The zero-order valence-electron chi connectivity index (χ0n) is 10.7. The standard InChI is InChI=1S/C14H9BF4NO/c16-13-6-10(8-20)5-11(7-13)9-21-14-3-1-12(2-4-14)15(17,18)19/h1-7H,9H2/q-1. The number of hydrogen-bond acceptors (Lipinski definition) is 2. The average molecular weight is 294 g/mol. The monoisotopic (exact) mass is 294 g/mol. The number of hydrogen-bond donors (Lipinski definition) is 0. The fraction of sp³-hybridized carbons (Fsp3) is 0.0714. The second kappa shape index (κ2) is 5.88. The first-order chi connectivity index (χ1) is 9.88. The summed E-state index contributed by atoms with van der Waals surface area (Å²) in [5.74, 6) is -0.329. The summed E-state index contributed by atoms with van der Waals surface area (Å²) in [4.78, 5) is 0. The van der Waals surface area contributed by atoms with Crippen molar-refractivity contribution in [3.8, 4) is 11.8 Å². The van der Waals surface area contributed by atoms with Gasteiger partial charge in [0.25, 0.3) is 0 Å². The van der Waals surface area contributed by atoms with Gasteiger partial charge in [0.05, 0.1) is 11.6 Å². The maximum Gasteiger partial charge on any atom is 0.509 e. The Morgan fingerprint density at radius 1 is 1.05 bits per heavy atom. The summed E-state index contributed by atoms with van der Waals surface area (Å²) in [7, 11) is 0. The van der Waals surface area contributed by atoms with E-state index in [0.29, 0.717) is 5.56 Å². The van der Waals surface area contributed by atoms with Crippen molar-refractivity contribution in [2.24, 2.45) is 0 Å². The van der Waals surface area contributed by atoms with Crippen LogP contribution in [0, 0.1) is 17.1 Å². The first-order valence-corrected chi connectivity index (χ1v) is 6.01. The van der Waals surface area contributed by atoms with Gasteiger partial charge in [0.15, 0.2) is 0 Å². The molecule has 0 heterocycles. The highest BCUT2D eigenvalue weighted by Gasteiger charge is 2.24. The van der Waals surface area contributed by atoms with Crippen LogP contribution in [0.4, 0.5) is 17.3 Å². The van der Waals surface area contributed by atoms with Gasteiger partial charge in [-0.3, -0.25) is 0 Å². The van der Waals surface area contributed by atoms with Crippen molar-refractivity contribution in [3.05, 3.63) is 59.4 Å². The quantitative estimate of drug-likeness (QED) is 0.640. The van der Waals surface area contributed by atoms with E-state index in [1.165, 1.54) is 24.3 Å². The number of nitrogens with zero attached hydrogens (tertiary/aromatic N) is 1. The van der Waals surface area contributed by atoms with Crippen LogP contribution >= 0.6 is 0 Å². The Balaban J connectivity index is 2.07. The molecule has 0 aromatic heterocycles. The lowest BCUT2D eigenvalue weighted by atomic mass is 9.80. The Morgan fingerprint density at radius 3 is 2.29 bits per heavy atom. The van der Waals surface area contributed by atoms with Crippen LogP contribution in [0.1, 0.15) is 11.1 Å². The molecule has 0 bridgehead atoms. The van der Waals surface area contributed by atoms with Crippen LogP contribution in [-0.2, 0) is 6.61 Å². The molecule has 0 spiro atoms. The van der Waals surface area contributed by atoms with Crippen LogP contribution < -0.4 is 10.2 Å². The molecule has 0 amide bonds. The van der Waals surface area contributed by atoms with Crippen molar-refractivity contribution in [3.63, 3.8) is 0 Å². The van der Waals surface area contributed by atoms with E-state index in [0.717, 1.165) is 18.2 Å². The molecule has 0 N–H and O–H groups in total. The Bertz CT molecular complexity index is 677. The van der Waals surface area contributed by atoms with Crippen molar-refractivity contribution >= 4 is 12.4 Å². The molecular weight excluding hydrogens is 285 g/mol. The van der Waals surface area contributed by atoms with E-state index in [1.54, 1.807) is 0 Å². The van der Waals surface area contributed by atoms with Gasteiger partial charge in [0, 0.05) is 0 Å². The van der Waals surface area contributed by atoms with Crippen LogP contribution in [0.25, 0.3) is 0 Å². The maximum absolute atomic E-state index is 13.2. The van der Waals surface area contributed by atoms with Gasteiger partial charge in [-0.25, -0.2) is 4.39 Å². The third-order valence-corrected chi connectivity index (χ3v) is 2.75. The number of ether oxygens (including phenoxy) is 1. The fourth-order valence-electron chi connectivity index (χ4n) is 1.75. The smallest absolute Gasteiger partial charge is 0.489 e. The Hall–Kier alpha value is -2.49. The van der Waals surface area contributed by atoms with E-state index in [4.69, 9.17) is 10.00 Å². The summed E-state index contributed by atoms with van der Waals surface area (Å²) in [5.41, 5.74) is -0.126. The molecule has 0 saturated heterocycles. The molecule has 2 nitrogen and oxygen atoms in total. The predicted molar refractivity (Wildman–Crippen MR) is 70.6 cm³/mol. The first-order valence-electron chi connectivity index (χ1n) is 6.01. The fourth-order valence-corrected chi connectivity index (χ4v) is 1.75. The first kappa shape index (κ1) is 14.9. The lowest BCUT2D eigenvalue weighted by molar-refractivity contribution is 0.305. The van der Waals surface area contributed by atoms with Crippen molar-refractivity contribution in [2.75, 3.05) is 0 Å². The third-order valence-electron chi connectivity index (χ3n) is 2.75. The van der Waals surface area contributed by atoms with Gasteiger partial charge >= 0.3 is 6.98 Å². The van der Waals surface area contributed by atoms with Crippen LogP contribution in [-0.4, -0.2) is 6.98 Å². The Labute approximate surface area is 118 Å². The summed E-state index contributed by atoms with van der Waals surface area (Å²) >= 11 is 0. The molecule has 7 heteroatoms. The molecular formula is C14H9BF4NO-. The lowest BCUT2D eigenvalue weighted by Gasteiger charge is -2.15. The Kier molecular flexibility index (Phi) is 4.17. The van der Waals surface area contributed by atoms with Gasteiger partial charge in [-0.2, -0.15) is 5.26 Å². The molecule has 0 aliphatic heterocycles. The molecule has 2 aromatic carbocycles. The average Bonchev–Trinajstić information content (AvgIpc) is 2.44. The molecule has 0 unspecified atom stereocenters. The van der Waals surface area contributed by atoms with Crippen molar-refractivity contribution in [2.45, 2.75) is 6.61 Å². The van der Waals surface area contributed by atoms with Gasteiger partial charge < -0.3 is 17.7 Å². The molecule has 108 valence electrons. The van der Waals surface area contributed by atoms with Gasteiger partial charge in [-0.1, -0.05) is 12.1 Å². The van der Waals surface area contributed by atoms with E-state index in [1.807, 2.05) is 6.07 Å².